The van der Waals surface area contributed by atoms with Crippen LogP contribution in [0.15, 0.2) is 134 Å². The largest absolute Gasteiger partial charge is 0.462 e. The Morgan fingerprint density at radius 3 is 0.878 bits per heavy atom. The second kappa shape index (κ2) is 61.1. The second-order valence-electron chi connectivity index (χ2n) is 19.5. The van der Waals surface area contributed by atoms with Crippen LogP contribution in [0, 0.1) is 0 Å². The van der Waals surface area contributed by atoms with Gasteiger partial charge in [-0.25, -0.2) is 0 Å². The van der Waals surface area contributed by atoms with Crippen LogP contribution >= 0.6 is 0 Å². The van der Waals surface area contributed by atoms with Crippen LogP contribution in [0.4, 0.5) is 0 Å². The molecule has 0 aliphatic heterocycles. The molecular formula is C68H110O6. The van der Waals surface area contributed by atoms with Gasteiger partial charge in [0.1, 0.15) is 13.2 Å². The average molecular weight is 1020 g/mol. The maximum atomic E-state index is 12.8. The number of hydrogen-bond donors (Lipinski definition) is 0. The van der Waals surface area contributed by atoms with Crippen LogP contribution in [-0.2, 0) is 28.6 Å². The van der Waals surface area contributed by atoms with E-state index in [2.05, 4.69) is 154 Å². The van der Waals surface area contributed by atoms with E-state index < -0.39 is 6.10 Å². The van der Waals surface area contributed by atoms with Crippen LogP contribution in [0.5, 0.6) is 0 Å². The number of hydrogen-bond acceptors (Lipinski definition) is 6. The molecule has 0 saturated carbocycles. The van der Waals surface area contributed by atoms with Gasteiger partial charge in [-0.3, -0.25) is 14.4 Å². The quantitative estimate of drug-likeness (QED) is 0.0261. The van der Waals surface area contributed by atoms with Gasteiger partial charge in [-0.15, -0.1) is 0 Å². The van der Waals surface area contributed by atoms with Gasteiger partial charge >= 0.3 is 17.9 Å². The van der Waals surface area contributed by atoms with Gasteiger partial charge in [0, 0.05) is 19.3 Å². The number of carbonyl (C=O) groups is 3. The third-order valence-corrected chi connectivity index (χ3v) is 12.4. The Kier molecular flexibility index (Phi) is 57.4. The molecule has 0 aromatic rings. The third kappa shape index (κ3) is 58.4. The Hall–Kier alpha value is -4.45. The summed E-state index contributed by atoms with van der Waals surface area (Å²) in [4.78, 5) is 38.1. The van der Waals surface area contributed by atoms with Crippen molar-refractivity contribution >= 4 is 17.9 Å². The fourth-order valence-corrected chi connectivity index (χ4v) is 7.82. The molecule has 0 heterocycles. The number of esters is 3. The predicted octanol–water partition coefficient (Wildman–Crippen LogP) is 20.6. The molecule has 74 heavy (non-hydrogen) atoms. The molecule has 0 aromatic carbocycles. The summed E-state index contributed by atoms with van der Waals surface area (Å²) >= 11 is 0. The summed E-state index contributed by atoms with van der Waals surface area (Å²) in [5.74, 6) is -0.937. The van der Waals surface area contributed by atoms with Crippen molar-refractivity contribution in [2.45, 2.75) is 264 Å². The zero-order valence-electron chi connectivity index (χ0n) is 47.8. The minimum absolute atomic E-state index is 0.0947. The maximum Gasteiger partial charge on any atom is 0.306 e. The maximum absolute atomic E-state index is 12.8. The second-order valence-corrected chi connectivity index (χ2v) is 19.5. The van der Waals surface area contributed by atoms with Gasteiger partial charge in [0.25, 0.3) is 0 Å². The van der Waals surface area contributed by atoms with Crippen molar-refractivity contribution in [3.05, 3.63) is 134 Å². The van der Waals surface area contributed by atoms with Crippen LogP contribution in [0.2, 0.25) is 0 Å². The highest BCUT2D eigenvalue weighted by atomic mass is 16.6. The van der Waals surface area contributed by atoms with Crippen molar-refractivity contribution in [2.24, 2.45) is 0 Å². The van der Waals surface area contributed by atoms with Gasteiger partial charge in [-0.05, 0) is 135 Å². The van der Waals surface area contributed by atoms with Gasteiger partial charge < -0.3 is 14.2 Å². The molecule has 0 rings (SSSR count). The van der Waals surface area contributed by atoms with Crippen molar-refractivity contribution in [3.8, 4) is 0 Å². The summed E-state index contributed by atoms with van der Waals surface area (Å²) in [5.41, 5.74) is 0. The number of rotatable bonds is 53. The molecule has 0 radical (unpaired) electrons. The Balaban J connectivity index is 4.26. The molecule has 6 heteroatoms. The van der Waals surface area contributed by atoms with Gasteiger partial charge in [-0.2, -0.15) is 0 Å². The van der Waals surface area contributed by atoms with Crippen LogP contribution < -0.4 is 0 Å². The van der Waals surface area contributed by atoms with E-state index >= 15 is 0 Å². The molecule has 0 spiro atoms. The highest BCUT2D eigenvalue weighted by Crippen LogP contribution is 2.14. The SMILES string of the molecule is CC/C=C\C/C=C\C/C=C\C/C=C\C/C=C\C/C=C\C/C=C\C/C=C\C/C=C\CCCCCCCC(=O)OCC(COC(=O)CCCCCCC/C=C\CCCC)OC(=O)CCCCCCC/C=C\CCCCC. The molecule has 0 saturated heterocycles. The lowest BCUT2D eigenvalue weighted by molar-refractivity contribution is -0.167. The number of allylic oxidation sites excluding steroid dienone is 22. The molecule has 0 aliphatic carbocycles. The minimum Gasteiger partial charge on any atom is -0.462 e. The first-order valence-corrected chi connectivity index (χ1v) is 30.2. The first-order chi connectivity index (χ1) is 36.5. The summed E-state index contributed by atoms with van der Waals surface area (Å²) in [6.07, 6.45) is 86.0. The van der Waals surface area contributed by atoms with Crippen LogP contribution in [0.1, 0.15) is 258 Å². The lowest BCUT2D eigenvalue weighted by Crippen LogP contribution is -2.30. The van der Waals surface area contributed by atoms with E-state index in [-0.39, 0.29) is 31.1 Å². The van der Waals surface area contributed by atoms with E-state index in [1.165, 1.54) is 57.8 Å². The molecule has 6 nitrogen and oxygen atoms in total. The van der Waals surface area contributed by atoms with Crippen LogP contribution in [-0.4, -0.2) is 37.2 Å². The Bertz CT molecular complexity index is 1600. The van der Waals surface area contributed by atoms with Crippen LogP contribution in [0.25, 0.3) is 0 Å². The standard InChI is InChI=1S/C68H110O6/c1-4-7-10-13-16-19-22-24-25-26-27-28-29-30-31-32-33-34-35-36-37-38-39-40-41-42-43-44-47-49-52-55-58-61-67(70)73-64-65(63-72-66(69)60-57-54-51-48-45-21-18-15-12-9-6-3)74-68(71)62-59-56-53-50-46-23-20-17-14-11-8-5-2/h7,10,15-20,24-25,27-28,30-31,33-34,36-37,39-40,42-43,65H,4-6,8-9,11-14,21-23,26,29,32,35,38,41,44-64H2,1-3H3/b10-7-,18-15-,19-16-,20-17-,25-24-,28-27-,31-30-,34-33-,37-36-,40-39-,43-42-. The summed E-state index contributed by atoms with van der Waals surface area (Å²) in [5, 5.41) is 0. The average Bonchev–Trinajstić information content (AvgIpc) is 3.40. The molecule has 0 aliphatic rings. The highest BCUT2D eigenvalue weighted by molar-refractivity contribution is 5.71. The van der Waals surface area contributed by atoms with Gasteiger partial charge in [0.05, 0.1) is 0 Å². The van der Waals surface area contributed by atoms with Crippen LogP contribution in [0.3, 0.4) is 0 Å². The van der Waals surface area contributed by atoms with E-state index in [9.17, 15) is 14.4 Å². The lowest BCUT2D eigenvalue weighted by Gasteiger charge is -2.18. The van der Waals surface area contributed by atoms with E-state index in [4.69, 9.17) is 14.2 Å². The van der Waals surface area contributed by atoms with E-state index in [1.54, 1.807) is 0 Å². The van der Waals surface area contributed by atoms with E-state index in [0.29, 0.717) is 19.3 Å². The summed E-state index contributed by atoms with van der Waals surface area (Å²) < 4.78 is 16.8. The van der Waals surface area contributed by atoms with E-state index in [1.807, 2.05) is 0 Å². The molecule has 0 fully saturated rings. The summed E-state index contributed by atoms with van der Waals surface area (Å²) in [6.45, 7) is 6.42. The van der Waals surface area contributed by atoms with Crippen molar-refractivity contribution in [3.63, 3.8) is 0 Å². The smallest absolute Gasteiger partial charge is 0.306 e. The van der Waals surface area contributed by atoms with Crippen molar-refractivity contribution in [1.29, 1.82) is 0 Å². The molecule has 0 aromatic heterocycles. The Labute approximate surface area is 455 Å². The number of unbranched alkanes of at least 4 members (excludes halogenated alkanes) is 20. The predicted molar refractivity (Wildman–Crippen MR) is 320 cm³/mol. The molecule has 0 amide bonds. The fraction of sp³-hybridized carbons (Fsp3) is 0.632. The lowest BCUT2D eigenvalue weighted by atomic mass is 10.1. The van der Waals surface area contributed by atoms with Crippen molar-refractivity contribution in [1.82, 2.24) is 0 Å². The molecule has 1 atom stereocenters. The number of carbonyl (C=O) groups excluding carboxylic acids is 3. The van der Waals surface area contributed by atoms with Crippen molar-refractivity contribution < 1.29 is 28.6 Å². The first kappa shape index (κ1) is 69.5. The van der Waals surface area contributed by atoms with Crippen molar-refractivity contribution in [2.75, 3.05) is 13.2 Å². The third-order valence-electron chi connectivity index (χ3n) is 12.4. The topological polar surface area (TPSA) is 78.9 Å². The highest BCUT2D eigenvalue weighted by Gasteiger charge is 2.19. The summed E-state index contributed by atoms with van der Waals surface area (Å²) in [6, 6.07) is 0. The molecule has 1 unspecified atom stereocenters. The zero-order chi connectivity index (χ0) is 53.6. The van der Waals surface area contributed by atoms with Gasteiger partial charge in [0.15, 0.2) is 6.10 Å². The molecule has 0 bridgehead atoms. The zero-order valence-corrected chi connectivity index (χ0v) is 47.8. The minimum atomic E-state index is -0.796. The van der Waals surface area contributed by atoms with E-state index in [0.717, 1.165) is 161 Å². The summed E-state index contributed by atoms with van der Waals surface area (Å²) in [7, 11) is 0. The monoisotopic (exact) mass is 1020 g/mol. The Morgan fingerprint density at radius 2 is 0.541 bits per heavy atom. The first-order valence-electron chi connectivity index (χ1n) is 30.2. The van der Waals surface area contributed by atoms with Gasteiger partial charge in [0.2, 0.25) is 0 Å². The number of ether oxygens (including phenoxy) is 3. The molecular weight excluding hydrogens is 913 g/mol. The normalized spacial score (nSPS) is 13.1. The molecule has 418 valence electrons. The molecule has 0 N–H and O–H groups in total. The Morgan fingerprint density at radius 1 is 0.284 bits per heavy atom. The van der Waals surface area contributed by atoms with Gasteiger partial charge in [-0.1, -0.05) is 238 Å². The fourth-order valence-electron chi connectivity index (χ4n) is 7.82.